The highest BCUT2D eigenvalue weighted by Gasteiger charge is 2.06. The number of aromatic nitrogens is 1. The summed E-state index contributed by atoms with van der Waals surface area (Å²) >= 11 is 0. The second kappa shape index (κ2) is 2.83. The molecule has 1 aromatic carbocycles. The highest BCUT2D eigenvalue weighted by atomic mass is 19.1. The topological polar surface area (TPSA) is 53.1 Å². The van der Waals surface area contributed by atoms with Crippen LogP contribution in [0.5, 0.6) is 5.75 Å². The summed E-state index contributed by atoms with van der Waals surface area (Å²) in [5.41, 5.74) is 0.581. The first-order valence-corrected chi connectivity index (χ1v) is 4.10. The number of aryl methyl sites for hydroxylation is 1. The minimum Gasteiger partial charge on any atom is -0.503 e. The molecular formula is C10H8FNO2. The number of nitrogens with one attached hydrogen (secondary N) is 1. The number of halogens is 1. The van der Waals surface area contributed by atoms with Gasteiger partial charge in [-0.2, -0.15) is 0 Å². The number of hydrogen-bond acceptors (Lipinski definition) is 2. The van der Waals surface area contributed by atoms with E-state index in [1.165, 1.54) is 6.07 Å². The molecule has 0 bridgehead atoms. The number of hydrogen-bond donors (Lipinski definition) is 2. The lowest BCUT2D eigenvalue weighted by molar-refractivity contribution is 0.467. The molecule has 2 N–H and O–H groups in total. The number of rotatable bonds is 0. The molecule has 72 valence electrons. The predicted octanol–water partition coefficient (Wildman–Crippen LogP) is 1.68. The standard InChI is InChI=1S/C10H8FNO2/c1-5-2-3-7(11)6-4-8(13)10(14)12-9(5)6/h2-4,13H,1H3,(H,12,14). The van der Waals surface area contributed by atoms with Gasteiger partial charge < -0.3 is 10.1 Å². The van der Waals surface area contributed by atoms with Crippen molar-refractivity contribution in [3.8, 4) is 5.75 Å². The van der Waals surface area contributed by atoms with Crippen molar-refractivity contribution in [3.05, 3.63) is 39.9 Å². The minimum atomic E-state index is -0.605. The van der Waals surface area contributed by atoms with Gasteiger partial charge in [0, 0.05) is 5.39 Å². The number of H-pyrrole nitrogens is 1. The number of benzene rings is 1. The van der Waals surface area contributed by atoms with Gasteiger partial charge in [0.2, 0.25) is 0 Å². The maximum absolute atomic E-state index is 13.2. The van der Waals surface area contributed by atoms with Gasteiger partial charge in [0.25, 0.3) is 5.56 Å². The third kappa shape index (κ3) is 1.16. The van der Waals surface area contributed by atoms with E-state index < -0.39 is 17.1 Å². The van der Waals surface area contributed by atoms with Gasteiger partial charge in [0.1, 0.15) is 5.82 Å². The fourth-order valence-corrected chi connectivity index (χ4v) is 1.39. The van der Waals surface area contributed by atoms with Gasteiger partial charge in [-0.3, -0.25) is 4.79 Å². The van der Waals surface area contributed by atoms with Crippen molar-refractivity contribution in [1.29, 1.82) is 0 Å². The molecule has 0 atom stereocenters. The third-order valence-corrected chi connectivity index (χ3v) is 2.15. The van der Waals surface area contributed by atoms with Crippen LogP contribution < -0.4 is 5.56 Å². The zero-order chi connectivity index (χ0) is 10.3. The average molecular weight is 193 g/mol. The van der Waals surface area contributed by atoms with E-state index in [2.05, 4.69) is 4.98 Å². The zero-order valence-corrected chi connectivity index (χ0v) is 7.47. The van der Waals surface area contributed by atoms with Crippen LogP contribution in [0.4, 0.5) is 4.39 Å². The van der Waals surface area contributed by atoms with E-state index >= 15 is 0 Å². The van der Waals surface area contributed by atoms with Crippen LogP contribution >= 0.6 is 0 Å². The Morgan fingerprint density at radius 3 is 2.86 bits per heavy atom. The Kier molecular flexibility index (Phi) is 1.77. The summed E-state index contributed by atoms with van der Waals surface area (Å²) in [5.74, 6) is -0.931. The van der Waals surface area contributed by atoms with Gasteiger partial charge in [-0.25, -0.2) is 4.39 Å². The molecule has 0 saturated carbocycles. The van der Waals surface area contributed by atoms with Crippen molar-refractivity contribution in [2.24, 2.45) is 0 Å². The summed E-state index contributed by atoms with van der Waals surface area (Å²) in [6, 6.07) is 4.01. The molecule has 0 fully saturated rings. The molecule has 0 saturated heterocycles. The fourth-order valence-electron chi connectivity index (χ4n) is 1.39. The lowest BCUT2D eigenvalue weighted by Crippen LogP contribution is -2.05. The van der Waals surface area contributed by atoms with Crippen LogP contribution in [-0.2, 0) is 0 Å². The summed E-state index contributed by atoms with van der Waals surface area (Å²) in [6.45, 7) is 1.76. The Labute approximate surface area is 78.8 Å². The summed E-state index contributed by atoms with van der Waals surface area (Å²) < 4.78 is 13.2. The Morgan fingerprint density at radius 1 is 1.43 bits per heavy atom. The van der Waals surface area contributed by atoms with Crippen molar-refractivity contribution in [3.63, 3.8) is 0 Å². The lowest BCUT2D eigenvalue weighted by Gasteiger charge is -2.02. The first-order chi connectivity index (χ1) is 6.59. The molecule has 0 aliphatic rings. The van der Waals surface area contributed by atoms with Gasteiger partial charge in [0.05, 0.1) is 5.52 Å². The van der Waals surface area contributed by atoms with Crippen LogP contribution in [-0.4, -0.2) is 10.1 Å². The molecule has 0 radical (unpaired) electrons. The van der Waals surface area contributed by atoms with Crippen LogP contribution in [0.15, 0.2) is 23.0 Å². The van der Waals surface area contributed by atoms with Gasteiger partial charge in [-0.05, 0) is 24.6 Å². The summed E-state index contributed by atoms with van der Waals surface area (Å²) in [4.78, 5) is 13.5. The monoisotopic (exact) mass is 193 g/mol. The zero-order valence-electron chi connectivity index (χ0n) is 7.47. The SMILES string of the molecule is Cc1ccc(F)c2cc(O)c(=O)[nH]c12. The normalized spacial score (nSPS) is 10.7. The van der Waals surface area contributed by atoms with Crippen LogP contribution in [0.2, 0.25) is 0 Å². The summed E-state index contributed by atoms with van der Waals surface area (Å²) in [5, 5.41) is 9.35. The Balaban J connectivity index is 3.01. The second-order valence-electron chi connectivity index (χ2n) is 3.14. The van der Waals surface area contributed by atoms with E-state index in [0.717, 1.165) is 11.6 Å². The highest BCUT2D eigenvalue weighted by molar-refractivity contribution is 5.83. The van der Waals surface area contributed by atoms with E-state index in [1.807, 2.05) is 0 Å². The number of pyridine rings is 1. The van der Waals surface area contributed by atoms with Gasteiger partial charge in [0.15, 0.2) is 5.75 Å². The quantitative estimate of drug-likeness (QED) is 0.668. The Morgan fingerprint density at radius 2 is 2.14 bits per heavy atom. The maximum Gasteiger partial charge on any atom is 0.290 e. The highest BCUT2D eigenvalue weighted by Crippen LogP contribution is 2.20. The molecule has 2 rings (SSSR count). The Bertz CT molecular complexity index is 560. The van der Waals surface area contributed by atoms with Crippen molar-refractivity contribution in [2.75, 3.05) is 0 Å². The smallest absolute Gasteiger partial charge is 0.290 e. The van der Waals surface area contributed by atoms with Crippen LogP contribution in [0.1, 0.15) is 5.56 Å². The summed E-state index contributed by atoms with van der Waals surface area (Å²) in [7, 11) is 0. The van der Waals surface area contributed by atoms with Crippen molar-refractivity contribution < 1.29 is 9.50 Å². The first-order valence-electron chi connectivity index (χ1n) is 4.10. The molecule has 0 unspecified atom stereocenters. The van der Waals surface area contributed by atoms with Crippen molar-refractivity contribution >= 4 is 10.9 Å². The molecule has 1 heterocycles. The molecule has 3 nitrogen and oxygen atoms in total. The molecule has 0 aliphatic heterocycles. The number of aromatic hydroxyl groups is 1. The first kappa shape index (κ1) is 8.74. The minimum absolute atomic E-state index is 0.224. The fraction of sp³-hybridized carbons (Fsp3) is 0.100. The van der Waals surface area contributed by atoms with E-state index in [9.17, 15) is 9.18 Å². The van der Waals surface area contributed by atoms with E-state index in [0.29, 0.717) is 5.52 Å². The predicted molar refractivity (Wildman–Crippen MR) is 50.9 cm³/mol. The Hall–Kier alpha value is -1.84. The molecule has 14 heavy (non-hydrogen) atoms. The van der Waals surface area contributed by atoms with Crippen LogP contribution in [0.25, 0.3) is 10.9 Å². The molecule has 0 aliphatic carbocycles. The largest absolute Gasteiger partial charge is 0.503 e. The molecule has 1 aromatic heterocycles. The van der Waals surface area contributed by atoms with Crippen LogP contribution in [0, 0.1) is 12.7 Å². The molecular weight excluding hydrogens is 185 g/mol. The number of fused-ring (bicyclic) bond motifs is 1. The van der Waals surface area contributed by atoms with E-state index in [-0.39, 0.29) is 5.39 Å². The van der Waals surface area contributed by atoms with Gasteiger partial charge >= 0.3 is 0 Å². The molecule has 0 spiro atoms. The number of aromatic amines is 1. The van der Waals surface area contributed by atoms with Crippen molar-refractivity contribution in [1.82, 2.24) is 4.98 Å². The summed E-state index contributed by atoms with van der Waals surface area (Å²) in [6.07, 6.45) is 0. The molecule has 0 amide bonds. The van der Waals surface area contributed by atoms with Crippen molar-refractivity contribution in [2.45, 2.75) is 6.92 Å². The van der Waals surface area contributed by atoms with E-state index in [1.54, 1.807) is 13.0 Å². The molecule has 2 aromatic rings. The third-order valence-electron chi connectivity index (χ3n) is 2.15. The average Bonchev–Trinajstić information content (AvgIpc) is 2.15. The van der Waals surface area contributed by atoms with Crippen LogP contribution in [0.3, 0.4) is 0 Å². The second-order valence-corrected chi connectivity index (χ2v) is 3.14. The maximum atomic E-state index is 13.2. The molecule has 4 heteroatoms. The van der Waals surface area contributed by atoms with E-state index in [4.69, 9.17) is 5.11 Å². The van der Waals surface area contributed by atoms with Gasteiger partial charge in [-0.1, -0.05) is 6.07 Å². The van der Waals surface area contributed by atoms with Gasteiger partial charge in [-0.15, -0.1) is 0 Å². The lowest BCUT2D eigenvalue weighted by atomic mass is 10.1.